The van der Waals surface area contributed by atoms with Crippen molar-refractivity contribution in [2.75, 3.05) is 0 Å². The van der Waals surface area contributed by atoms with E-state index in [2.05, 4.69) is 0 Å². The molecule has 5 aliphatic rings. The van der Waals surface area contributed by atoms with Gasteiger partial charge in [0.05, 0.1) is 17.3 Å². The summed E-state index contributed by atoms with van der Waals surface area (Å²) in [6.07, 6.45) is 25.3. The highest BCUT2D eigenvalue weighted by Crippen LogP contribution is 2.50. The van der Waals surface area contributed by atoms with E-state index < -0.39 is 5.60 Å². The third kappa shape index (κ3) is 4.85. The highest BCUT2D eigenvalue weighted by molar-refractivity contribution is 5.01. The van der Waals surface area contributed by atoms with Crippen molar-refractivity contribution in [3.8, 4) is 0 Å². The molecule has 0 radical (unpaired) electrons. The molecule has 0 aromatic carbocycles. The Bertz CT molecular complexity index is 418. The molecule has 3 atom stereocenters. The fourth-order valence-electron chi connectivity index (χ4n) is 6.90. The van der Waals surface area contributed by atoms with Gasteiger partial charge in [0.15, 0.2) is 0 Å². The Morgan fingerprint density at radius 2 is 1.35 bits per heavy atom. The van der Waals surface area contributed by atoms with Crippen LogP contribution in [0.5, 0.6) is 0 Å². The van der Waals surface area contributed by atoms with Gasteiger partial charge in [-0.05, 0) is 43.9 Å². The number of ether oxygens (including phenoxy) is 1. The van der Waals surface area contributed by atoms with Gasteiger partial charge in [-0.3, -0.25) is 0 Å². The molecule has 0 aromatic heterocycles. The van der Waals surface area contributed by atoms with Crippen LogP contribution in [-0.4, -0.2) is 22.4 Å². The zero-order valence-electron chi connectivity index (χ0n) is 17.0. The molecule has 3 aliphatic carbocycles. The smallest absolute Gasteiger partial charge is 0.0738 e. The molecule has 0 amide bonds. The summed E-state index contributed by atoms with van der Waals surface area (Å²) >= 11 is 0. The van der Waals surface area contributed by atoms with E-state index in [1.807, 2.05) is 0 Å². The van der Waals surface area contributed by atoms with Crippen LogP contribution in [0.4, 0.5) is 0 Å². The van der Waals surface area contributed by atoms with Crippen LogP contribution in [0, 0.1) is 11.8 Å². The summed E-state index contributed by atoms with van der Waals surface area (Å²) in [5.41, 5.74) is -0.391. The van der Waals surface area contributed by atoms with Crippen LogP contribution >= 0.6 is 0 Å². The van der Waals surface area contributed by atoms with E-state index in [0.29, 0.717) is 6.10 Å². The minimum Gasteiger partial charge on any atom is -0.390 e. The van der Waals surface area contributed by atoms with Crippen molar-refractivity contribution in [3.63, 3.8) is 0 Å². The SMILES string of the molecule is OC1(CC23CCCC(CC4CCCCCC4)CC(C2)O3)CCCCCC1. The molecular weight excluding hydrogens is 320 g/mol. The average Bonchev–Trinajstić information content (AvgIpc) is 2.93. The second kappa shape index (κ2) is 8.52. The van der Waals surface area contributed by atoms with E-state index in [9.17, 15) is 5.11 Å². The van der Waals surface area contributed by atoms with Gasteiger partial charge in [-0.15, -0.1) is 0 Å². The van der Waals surface area contributed by atoms with Gasteiger partial charge in [0, 0.05) is 12.8 Å². The molecule has 150 valence electrons. The molecule has 2 saturated heterocycles. The topological polar surface area (TPSA) is 29.5 Å². The Hall–Kier alpha value is -0.0800. The fourth-order valence-corrected chi connectivity index (χ4v) is 6.90. The summed E-state index contributed by atoms with van der Waals surface area (Å²) in [4.78, 5) is 0. The van der Waals surface area contributed by atoms with Gasteiger partial charge in [0.2, 0.25) is 0 Å². The van der Waals surface area contributed by atoms with Crippen molar-refractivity contribution < 1.29 is 9.84 Å². The summed E-state index contributed by atoms with van der Waals surface area (Å²) in [7, 11) is 0. The fraction of sp³-hybridized carbons (Fsp3) is 1.00. The van der Waals surface area contributed by atoms with Crippen molar-refractivity contribution in [1.82, 2.24) is 0 Å². The molecule has 2 heteroatoms. The molecule has 1 N–H and O–H groups in total. The van der Waals surface area contributed by atoms with Gasteiger partial charge in [0.25, 0.3) is 0 Å². The van der Waals surface area contributed by atoms with Crippen LogP contribution in [0.3, 0.4) is 0 Å². The summed E-state index contributed by atoms with van der Waals surface area (Å²) in [5.74, 6) is 1.90. The normalized spacial score (nSPS) is 39.1. The van der Waals surface area contributed by atoms with Crippen molar-refractivity contribution in [1.29, 1.82) is 0 Å². The maximum atomic E-state index is 11.2. The largest absolute Gasteiger partial charge is 0.390 e. The first-order chi connectivity index (χ1) is 12.6. The van der Waals surface area contributed by atoms with E-state index in [0.717, 1.165) is 31.1 Å². The molecule has 26 heavy (non-hydrogen) atoms. The highest BCUT2D eigenvalue weighted by atomic mass is 16.5. The lowest BCUT2D eigenvalue weighted by atomic mass is 9.69. The van der Waals surface area contributed by atoms with Crippen molar-refractivity contribution in [2.45, 2.75) is 139 Å². The molecule has 0 aromatic rings. The van der Waals surface area contributed by atoms with Gasteiger partial charge in [0.1, 0.15) is 0 Å². The van der Waals surface area contributed by atoms with Crippen LogP contribution in [0.1, 0.15) is 122 Å². The van der Waals surface area contributed by atoms with E-state index in [1.54, 1.807) is 0 Å². The van der Waals surface area contributed by atoms with Crippen molar-refractivity contribution in [3.05, 3.63) is 0 Å². The van der Waals surface area contributed by atoms with E-state index in [-0.39, 0.29) is 5.60 Å². The maximum absolute atomic E-state index is 11.2. The molecule has 3 unspecified atom stereocenters. The van der Waals surface area contributed by atoms with Crippen molar-refractivity contribution >= 4 is 0 Å². The van der Waals surface area contributed by atoms with E-state index in [1.165, 1.54) is 103 Å². The van der Waals surface area contributed by atoms with Gasteiger partial charge < -0.3 is 9.84 Å². The number of hydrogen-bond donors (Lipinski definition) is 1. The zero-order chi connectivity index (χ0) is 17.9. The van der Waals surface area contributed by atoms with Crippen LogP contribution in [0.2, 0.25) is 0 Å². The van der Waals surface area contributed by atoms with Gasteiger partial charge in [-0.2, -0.15) is 0 Å². The minimum atomic E-state index is -0.430. The first-order valence-corrected chi connectivity index (χ1v) is 12.1. The molecule has 3 saturated carbocycles. The second-order valence-electron chi connectivity index (χ2n) is 10.5. The Kier molecular flexibility index (Phi) is 6.30. The molecular formula is C24H42O2. The van der Waals surface area contributed by atoms with Crippen molar-refractivity contribution in [2.24, 2.45) is 11.8 Å². The number of hydrogen-bond acceptors (Lipinski definition) is 2. The molecule has 5 rings (SSSR count). The Balaban J connectivity index is 1.28. The summed E-state index contributed by atoms with van der Waals surface area (Å²) < 4.78 is 6.56. The molecule has 0 spiro atoms. The molecule has 2 nitrogen and oxygen atoms in total. The first kappa shape index (κ1) is 19.2. The quantitative estimate of drug-likeness (QED) is 0.575. The summed E-state index contributed by atoms with van der Waals surface area (Å²) in [5, 5.41) is 11.2. The van der Waals surface area contributed by atoms with Gasteiger partial charge in [-0.25, -0.2) is 0 Å². The van der Waals surface area contributed by atoms with E-state index >= 15 is 0 Å². The predicted molar refractivity (Wildman–Crippen MR) is 107 cm³/mol. The summed E-state index contributed by atoms with van der Waals surface area (Å²) in [6, 6.07) is 0. The third-order valence-electron chi connectivity index (χ3n) is 8.18. The van der Waals surface area contributed by atoms with Crippen LogP contribution in [-0.2, 0) is 4.74 Å². The average molecular weight is 363 g/mol. The van der Waals surface area contributed by atoms with Crippen LogP contribution < -0.4 is 0 Å². The molecule has 2 heterocycles. The number of fused-ring (bicyclic) bond motifs is 4. The monoisotopic (exact) mass is 362 g/mol. The zero-order valence-corrected chi connectivity index (χ0v) is 17.0. The predicted octanol–water partition coefficient (Wildman–Crippen LogP) is 6.54. The Morgan fingerprint density at radius 1 is 0.731 bits per heavy atom. The molecule has 2 bridgehead atoms. The van der Waals surface area contributed by atoms with Crippen LogP contribution in [0.25, 0.3) is 0 Å². The number of aliphatic hydroxyl groups is 1. The van der Waals surface area contributed by atoms with Crippen LogP contribution in [0.15, 0.2) is 0 Å². The standard InChI is InChI=1S/C24H42O2/c25-23(13-7-3-4-8-14-23)19-24-15-9-12-21(17-22(18-24)26-24)16-20-10-5-1-2-6-11-20/h20-22,25H,1-19H2. The lowest BCUT2D eigenvalue weighted by molar-refractivity contribution is -0.245. The lowest BCUT2D eigenvalue weighted by Crippen LogP contribution is -2.56. The maximum Gasteiger partial charge on any atom is 0.0738 e. The third-order valence-corrected chi connectivity index (χ3v) is 8.18. The van der Waals surface area contributed by atoms with Gasteiger partial charge in [-0.1, -0.05) is 77.0 Å². The Morgan fingerprint density at radius 3 is 2.04 bits per heavy atom. The molecule has 2 aliphatic heterocycles. The Labute approximate surface area is 161 Å². The van der Waals surface area contributed by atoms with E-state index in [4.69, 9.17) is 4.74 Å². The first-order valence-electron chi connectivity index (χ1n) is 12.1. The number of rotatable bonds is 4. The van der Waals surface area contributed by atoms with Gasteiger partial charge >= 0.3 is 0 Å². The minimum absolute atomic E-state index is 0.0387. The molecule has 5 fully saturated rings. The second-order valence-corrected chi connectivity index (χ2v) is 10.5. The lowest BCUT2D eigenvalue weighted by Gasteiger charge is -2.54. The highest BCUT2D eigenvalue weighted by Gasteiger charge is 2.51. The summed E-state index contributed by atoms with van der Waals surface area (Å²) in [6.45, 7) is 0.